The van der Waals surface area contributed by atoms with E-state index in [1.807, 2.05) is 6.92 Å². The smallest absolute Gasteiger partial charge is 0.319 e. The Morgan fingerprint density at radius 3 is 2.84 bits per heavy atom. The lowest BCUT2D eigenvalue weighted by Crippen LogP contribution is -2.07. The quantitative estimate of drug-likeness (QED) is 0.876. The van der Waals surface area contributed by atoms with Gasteiger partial charge in [-0.25, -0.2) is 4.98 Å². The van der Waals surface area contributed by atoms with Crippen LogP contribution in [0.15, 0.2) is 30.9 Å². The van der Waals surface area contributed by atoms with E-state index in [1.54, 1.807) is 23.0 Å². The number of aromatic nitrogens is 3. The lowest BCUT2D eigenvalue weighted by atomic mass is 10.1. The maximum absolute atomic E-state index is 12.7. The van der Waals surface area contributed by atoms with Crippen molar-refractivity contribution in [2.45, 2.75) is 39.0 Å². The second kappa shape index (κ2) is 5.97. The summed E-state index contributed by atoms with van der Waals surface area (Å²) in [7, 11) is 0. The summed E-state index contributed by atoms with van der Waals surface area (Å²) >= 11 is 0. The molecule has 0 amide bonds. The Morgan fingerprint density at radius 2 is 2.16 bits per heavy atom. The zero-order valence-corrected chi connectivity index (χ0v) is 10.7. The van der Waals surface area contributed by atoms with Crippen LogP contribution in [0.25, 0.3) is 0 Å². The van der Waals surface area contributed by atoms with E-state index in [0.717, 1.165) is 16.6 Å². The largest absolute Gasteiger partial charge is 0.388 e. The third-order valence-corrected chi connectivity index (χ3v) is 3.00. The van der Waals surface area contributed by atoms with E-state index in [9.17, 15) is 13.9 Å². The summed E-state index contributed by atoms with van der Waals surface area (Å²) in [5.74, 6) is 0.294. The maximum Gasteiger partial charge on any atom is 0.319 e. The van der Waals surface area contributed by atoms with Crippen LogP contribution in [0, 0.1) is 0 Å². The zero-order valence-electron chi connectivity index (χ0n) is 10.7. The highest BCUT2D eigenvalue weighted by molar-refractivity contribution is 5.14. The van der Waals surface area contributed by atoms with Crippen LogP contribution in [0.5, 0.6) is 0 Å². The van der Waals surface area contributed by atoms with Gasteiger partial charge in [0.2, 0.25) is 0 Å². The van der Waals surface area contributed by atoms with Gasteiger partial charge in [0, 0.05) is 24.8 Å². The third kappa shape index (κ3) is 3.20. The molecular weight excluding hydrogens is 252 g/mol. The number of rotatable bonds is 6. The first kappa shape index (κ1) is 13.7. The van der Waals surface area contributed by atoms with Crippen molar-refractivity contribution in [2.24, 2.45) is 0 Å². The van der Waals surface area contributed by atoms with Crippen molar-refractivity contribution in [3.05, 3.63) is 42.2 Å². The van der Waals surface area contributed by atoms with Gasteiger partial charge < -0.3 is 9.67 Å². The van der Waals surface area contributed by atoms with E-state index in [1.165, 1.54) is 12.4 Å². The number of imidazole rings is 1. The van der Waals surface area contributed by atoms with Gasteiger partial charge >= 0.3 is 6.55 Å². The van der Waals surface area contributed by atoms with Gasteiger partial charge in [-0.2, -0.15) is 8.78 Å². The summed E-state index contributed by atoms with van der Waals surface area (Å²) in [6.07, 6.45) is 7.23. The minimum Gasteiger partial charge on any atom is -0.388 e. The summed E-state index contributed by atoms with van der Waals surface area (Å²) < 4.78 is 27.9. The molecule has 0 saturated carbocycles. The molecule has 0 saturated heterocycles. The molecule has 104 valence electrons. The van der Waals surface area contributed by atoms with Gasteiger partial charge in [-0.1, -0.05) is 13.3 Å². The van der Waals surface area contributed by atoms with E-state index in [-0.39, 0.29) is 6.54 Å². The normalized spacial score (nSPS) is 13.1. The molecule has 0 spiro atoms. The van der Waals surface area contributed by atoms with E-state index < -0.39 is 12.7 Å². The van der Waals surface area contributed by atoms with E-state index >= 15 is 0 Å². The molecule has 1 atom stereocenters. The second-order valence-electron chi connectivity index (χ2n) is 4.45. The van der Waals surface area contributed by atoms with Crippen LogP contribution in [0.2, 0.25) is 0 Å². The minimum atomic E-state index is -2.58. The van der Waals surface area contributed by atoms with Crippen LogP contribution in [0.3, 0.4) is 0 Å². The summed E-state index contributed by atoms with van der Waals surface area (Å²) in [4.78, 5) is 3.92. The zero-order chi connectivity index (χ0) is 13.8. The number of nitrogens with zero attached hydrogens (tertiary/aromatic N) is 3. The van der Waals surface area contributed by atoms with Crippen LogP contribution in [-0.4, -0.2) is 19.2 Å². The van der Waals surface area contributed by atoms with Crippen molar-refractivity contribution in [1.29, 1.82) is 0 Å². The SMILES string of the molecule is CCCC(O)c1ccn(Cc2nccn2C(F)F)c1. The van der Waals surface area contributed by atoms with Crippen LogP contribution in [-0.2, 0) is 6.54 Å². The van der Waals surface area contributed by atoms with Gasteiger partial charge in [0.1, 0.15) is 5.82 Å². The molecule has 2 heterocycles. The molecule has 1 unspecified atom stereocenters. The Balaban J connectivity index is 2.09. The molecule has 2 rings (SSSR count). The Kier molecular flexibility index (Phi) is 4.31. The lowest BCUT2D eigenvalue weighted by molar-refractivity contribution is 0.0667. The highest BCUT2D eigenvalue weighted by atomic mass is 19.3. The fourth-order valence-corrected chi connectivity index (χ4v) is 2.00. The summed E-state index contributed by atoms with van der Waals surface area (Å²) in [5.41, 5.74) is 0.803. The van der Waals surface area contributed by atoms with Gasteiger partial charge in [0.25, 0.3) is 0 Å². The molecule has 0 aliphatic rings. The van der Waals surface area contributed by atoms with Crippen LogP contribution >= 0.6 is 0 Å². The second-order valence-corrected chi connectivity index (χ2v) is 4.45. The summed E-state index contributed by atoms with van der Waals surface area (Å²) in [5, 5.41) is 9.85. The van der Waals surface area contributed by atoms with E-state index in [0.29, 0.717) is 12.2 Å². The minimum absolute atomic E-state index is 0.260. The molecular formula is C13H17F2N3O. The number of aliphatic hydroxyl groups is 1. The third-order valence-electron chi connectivity index (χ3n) is 3.00. The first-order valence-electron chi connectivity index (χ1n) is 6.25. The fourth-order valence-electron chi connectivity index (χ4n) is 2.00. The highest BCUT2D eigenvalue weighted by Crippen LogP contribution is 2.19. The van der Waals surface area contributed by atoms with Crippen LogP contribution in [0.4, 0.5) is 8.78 Å². The Hall–Kier alpha value is -1.69. The predicted octanol–water partition coefficient (Wildman–Crippen LogP) is 2.96. The molecule has 19 heavy (non-hydrogen) atoms. The van der Waals surface area contributed by atoms with Gasteiger partial charge in [-0.3, -0.25) is 4.57 Å². The molecule has 0 aromatic carbocycles. The van der Waals surface area contributed by atoms with E-state index in [4.69, 9.17) is 0 Å². The number of hydrogen-bond donors (Lipinski definition) is 1. The van der Waals surface area contributed by atoms with Crippen molar-refractivity contribution in [3.63, 3.8) is 0 Å². The Labute approximate surface area is 110 Å². The Bertz CT molecular complexity index is 521. The summed E-state index contributed by atoms with van der Waals surface area (Å²) in [6, 6.07) is 1.80. The average Bonchev–Trinajstić information content (AvgIpc) is 2.99. The number of aliphatic hydroxyl groups excluding tert-OH is 1. The highest BCUT2D eigenvalue weighted by Gasteiger charge is 2.13. The van der Waals surface area contributed by atoms with Gasteiger partial charge in [0.05, 0.1) is 12.6 Å². The molecule has 4 nitrogen and oxygen atoms in total. The van der Waals surface area contributed by atoms with Gasteiger partial charge in [-0.15, -0.1) is 0 Å². The number of alkyl halides is 2. The van der Waals surface area contributed by atoms with Crippen molar-refractivity contribution >= 4 is 0 Å². The van der Waals surface area contributed by atoms with Crippen molar-refractivity contribution in [1.82, 2.24) is 14.1 Å². The number of halogens is 2. The van der Waals surface area contributed by atoms with Crippen molar-refractivity contribution in [3.8, 4) is 0 Å². The molecule has 0 aliphatic heterocycles. The van der Waals surface area contributed by atoms with Crippen molar-refractivity contribution in [2.75, 3.05) is 0 Å². The predicted molar refractivity (Wildman–Crippen MR) is 66.9 cm³/mol. The molecule has 1 N–H and O–H groups in total. The molecule has 0 fully saturated rings. The van der Waals surface area contributed by atoms with Crippen LogP contribution in [0.1, 0.15) is 43.8 Å². The van der Waals surface area contributed by atoms with Crippen LogP contribution < -0.4 is 0 Å². The van der Waals surface area contributed by atoms with Gasteiger partial charge in [-0.05, 0) is 18.1 Å². The molecule has 6 heteroatoms. The maximum atomic E-state index is 12.7. The van der Waals surface area contributed by atoms with E-state index in [2.05, 4.69) is 4.98 Å². The topological polar surface area (TPSA) is 43.0 Å². The average molecular weight is 269 g/mol. The first-order valence-corrected chi connectivity index (χ1v) is 6.25. The standard InChI is InChI=1S/C13H17F2N3O/c1-2-3-11(19)10-4-6-17(8-10)9-12-16-5-7-18(12)13(14)15/h4-8,11,13,19H,2-3,9H2,1H3. The van der Waals surface area contributed by atoms with Gasteiger partial charge in [0.15, 0.2) is 0 Å². The van der Waals surface area contributed by atoms with Crippen molar-refractivity contribution < 1.29 is 13.9 Å². The number of hydrogen-bond acceptors (Lipinski definition) is 2. The fraction of sp³-hybridized carbons (Fsp3) is 0.462. The molecule has 0 bridgehead atoms. The summed E-state index contributed by atoms with van der Waals surface area (Å²) in [6.45, 7) is -0.325. The Morgan fingerprint density at radius 1 is 1.37 bits per heavy atom. The molecule has 2 aromatic heterocycles. The monoisotopic (exact) mass is 269 g/mol. The molecule has 0 radical (unpaired) electrons. The first-order chi connectivity index (χ1) is 9.11. The molecule has 2 aromatic rings. The lowest BCUT2D eigenvalue weighted by Gasteiger charge is -2.08. The molecule has 0 aliphatic carbocycles.